The molecule has 0 saturated heterocycles. The number of nitrogens with one attached hydrogen (secondary N) is 3. The lowest BCUT2D eigenvalue weighted by atomic mass is 9.92. The summed E-state index contributed by atoms with van der Waals surface area (Å²) in [6.45, 7) is 3.29. The highest BCUT2D eigenvalue weighted by Crippen LogP contribution is 2.48. The van der Waals surface area contributed by atoms with Crippen molar-refractivity contribution in [2.45, 2.75) is 31.6 Å². The molecule has 0 atom stereocenters. The van der Waals surface area contributed by atoms with Gasteiger partial charge < -0.3 is 15.6 Å². The van der Waals surface area contributed by atoms with E-state index < -0.39 is 0 Å². The van der Waals surface area contributed by atoms with Gasteiger partial charge in [0.05, 0.1) is 0 Å². The molecule has 5 heteroatoms. The second kappa shape index (κ2) is 7.06. The fraction of sp³-hybridized carbons (Fsp3) is 0.318. The minimum Gasteiger partial charge on any atom is -0.361 e. The zero-order chi connectivity index (χ0) is 18.9. The van der Waals surface area contributed by atoms with E-state index in [4.69, 9.17) is 0 Å². The second-order valence-corrected chi connectivity index (χ2v) is 7.46. The van der Waals surface area contributed by atoms with Gasteiger partial charge in [0.1, 0.15) is 5.82 Å². The van der Waals surface area contributed by atoms with Gasteiger partial charge in [-0.05, 0) is 61.1 Å². The molecule has 4 rings (SSSR count). The number of carbonyl (C=O) groups is 1. The van der Waals surface area contributed by atoms with Crippen LogP contribution in [0.1, 0.15) is 29.5 Å². The smallest absolute Gasteiger partial charge is 0.314 e. The van der Waals surface area contributed by atoms with E-state index in [1.54, 1.807) is 6.07 Å². The maximum absolute atomic E-state index is 13.4. The Hall–Kier alpha value is -2.82. The molecule has 27 heavy (non-hydrogen) atoms. The lowest BCUT2D eigenvalue weighted by Crippen LogP contribution is -2.40. The molecule has 1 saturated carbocycles. The molecule has 0 radical (unpaired) electrons. The van der Waals surface area contributed by atoms with E-state index in [1.807, 2.05) is 12.3 Å². The van der Waals surface area contributed by atoms with Crippen molar-refractivity contribution in [2.75, 3.05) is 13.1 Å². The number of hydrogen-bond donors (Lipinski definition) is 3. The largest absolute Gasteiger partial charge is 0.361 e. The molecule has 0 bridgehead atoms. The van der Waals surface area contributed by atoms with E-state index in [-0.39, 0.29) is 17.3 Å². The predicted octanol–water partition coefficient (Wildman–Crippen LogP) is 4.19. The van der Waals surface area contributed by atoms with Crippen LogP contribution in [0.2, 0.25) is 0 Å². The number of amides is 2. The molecular weight excluding hydrogens is 341 g/mol. The zero-order valence-electron chi connectivity index (χ0n) is 15.4. The first-order valence-electron chi connectivity index (χ1n) is 9.41. The fourth-order valence-electron chi connectivity index (χ4n) is 3.84. The number of urea groups is 1. The van der Waals surface area contributed by atoms with E-state index >= 15 is 0 Å². The third-order valence-electron chi connectivity index (χ3n) is 5.57. The molecule has 3 aromatic rings. The van der Waals surface area contributed by atoms with E-state index in [0.29, 0.717) is 19.5 Å². The number of aromatic nitrogens is 1. The highest BCUT2D eigenvalue weighted by atomic mass is 19.1. The van der Waals surface area contributed by atoms with Crippen LogP contribution >= 0.6 is 0 Å². The summed E-state index contributed by atoms with van der Waals surface area (Å²) >= 11 is 0. The molecule has 2 amide bonds. The van der Waals surface area contributed by atoms with E-state index in [9.17, 15) is 9.18 Å². The third-order valence-corrected chi connectivity index (χ3v) is 5.57. The van der Waals surface area contributed by atoms with Gasteiger partial charge in [0.25, 0.3) is 0 Å². The normalized spacial score (nSPS) is 14.9. The average Bonchev–Trinajstić information content (AvgIpc) is 3.35. The van der Waals surface area contributed by atoms with Crippen LogP contribution in [-0.4, -0.2) is 24.1 Å². The molecule has 0 unspecified atom stereocenters. The second-order valence-electron chi connectivity index (χ2n) is 7.46. The SMILES string of the molecule is Cc1ccccc1C1(CNC(=O)NCCc2c[nH]c3ccc(F)cc23)CC1. The summed E-state index contributed by atoms with van der Waals surface area (Å²) in [4.78, 5) is 15.3. The van der Waals surface area contributed by atoms with Gasteiger partial charge in [-0.1, -0.05) is 24.3 Å². The number of carbonyl (C=O) groups excluding carboxylic acids is 1. The van der Waals surface area contributed by atoms with E-state index in [0.717, 1.165) is 29.3 Å². The van der Waals surface area contributed by atoms with Crippen molar-refractivity contribution >= 4 is 16.9 Å². The maximum atomic E-state index is 13.4. The minimum absolute atomic E-state index is 0.0943. The van der Waals surface area contributed by atoms with Gasteiger partial charge in [-0.3, -0.25) is 0 Å². The summed E-state index contributed by atoms with van der Waals surface area (Å²) < 4.78 is 13.4. The number of rotatable bonds is 6. The van der Waals surface area contributed by atoms with Crippen LogP contribution in [0.25, 0.3) is 10.9 Å². The number of H-pyrrole nitrogens is 1. The van der Waals surface area contributed by atoms with Crippen molar-refractivity contribution in [2.24, 2.45) is 0 Å². The van der Waals surface area contributed by atoms with Crippen LogP contribution in [0, 0.1) is 12.7 Å². The molecule has 0 spiro atoms. The van der Waals surface area contributed by atoms with Gasteiger partial charge >= 0.3 is 6.03 Å². The fourth-order valence-corrected chi connectivity index (χ4v) is 3.84. The molecule has 1 heterocycles. The van der Waals surface area contributed by atoms with Crippen molar-refractivity contribution in [3.8, 4) is 0 Å². The molecule has 1 fully saturated rings. The summed E-state index contributed by atoms with van der Waals surface area (Å²) in [5, 5.41) is 6.80. The summed E-state index contributed by atoms with van der Waals surface area (Å²) in [5.41, 5.74) is 4.62. The zero-order valence-corrected chi connectivity index (χ0v) is 15.4. The Balaban J connectivity index is 1.29. The van der Waals surface area contributed by atoms with Crippen molar-refractivity contribution in [1.29, 1.82) is 0 Å². The summed E-state index contributed by atoms with van der Waals surface area (Å²) in [5.74, 6) is -0.250. The molecule has 140 valence electrons. The van der Waals surface area contributed by atoms with Crippen LogP contribution in [-0.2, 0) is 11.8 Å². The first-order chi connectivity index (χ1) is 13.1. The molecular formula is C22H24FN3O. The average molecular weight is 365 g/mol. The molecule has 4 nitrogen and oxygen atoms in total. The summed E-state index contributed by atoms with van der Waals surface area (Å²) in [7, 11) is 0. The Morgan fingerprint density at radius 1 is 1.19 bits per heavy atom. The highest BCUT2D eigenvalue weighted by Gasteiger charge is 2.45. The lowest BCUT2D eigenvalue weighted by Gasteiger charge is -2.19. The molecule has 2 aromatic carbocycles. The number of halogens is 1. The van der Waals surface area contributed by atoms with Gasteiger partial charge in [0.2, 0.25) is 0 Å². The first-order valence-corrected chi connectivity index (χ1v) is 9.41. The van der Waals surface area contributed by atoms with Gasteiger partial charge in [-0.25, -0.2) is 9.18 Å². The van der Waals surface area contributed by atoms with Crippen molar-refractivity contribution in [1.82, 2.24) is 15.6 Å². The Kier molecular flexibility index (Phi) is 4.60. The van der Waals surface area contributed by atoms with Crippen LogP contribution in [0.15, 0.2) is 48.7 Å². The number of hydrogen-bond acceptors (Lipinski definition) is 1. The molecule has 0 aliphatic heterocycles. The van der Waals surface area contributed by atoms with Gasteiger partial charge in [-0.2, -0.15) is 0 Å². The number of aromatic amines is 1. The highest BCUT2D eigenvalue weighted by molar-refractivity contribution is 5.83. The van der Waals surface area contributed by atoms with E-state index in [1.165, 1.54) is 23.3 Å². The van der Waals surface area contributed by atoms with Crippen molar-refractivity contribution < 1.29 is 9.18 Å². The number of benzene rings is 2. The lowest BCUT2D eigenvalue weighted by molar-refractivity contribution is 0.240. The molecule has 1 aliphatic carbocycles. The standard InChI is InChI=1S/C22H24FN3O/c1-15-4-2-3-5-19(15)22(9-10-22)14-26-21(27)24-11-8-16-13-25-20-7-6-17(23)12-18(16)20/h2-7,12-13,25H,8-11,14H2,1H3,(H2,24,26,27). The predicted molar refractivity (Wildman–Crippen MR) is 105 cm³/mol. The Morgan fingerprint density at radius 2 is 2.00 bits per heavy atom. The number of fused-ring (bicyclic) bond motifs is 1. The Bertz CT molecular complexity index is 975. The monoisotopic (exact) mass is 365 g/mol. The Morgan fingerprint density at radius 3 is 2.78 bits per heavy atom. The van der Waals surface area contributed by atoms with Crippen LogP contribution in [0.4, 0.5) is 9.18 Å². The van der Waals surface area contributed by atoms with Crippen LogP contribution < -0.4 is 10.6 Å². The van der Waals surface area contributed by atoms with Crippen LogP contribution in [0.3, 0.4) is 0 Å². The van der Waals surface area contributed by atoms with Gasteiger partial charge in [0.15, 0.2) is 0 Å². The number of aryl methyl sites for hydroxylation is 1. The maximum Gasteiger partial charge on any atom is 0.314 e. The quantitative estimate of drug-likeness (QED) is 0.603. The molecule has 1 aliphatic rings. The van der Waals surface area contributed by atoms with Crippen LogP contribution in [0.5, 0.6) is 0 Å². The molecule has 3 N–H and O–H groups in total. The van der Waals surface area contributed by atoms with Crippen molar-refractivity contribution in [3.05, 3.63) is 71.2 Å². The first kappa shape index (κ1) is 17.6. The van der Waals surface area contributed by atoms with Crippen molar-refractivity contribution in [3.63, 3.8) is 0 Å². The summed E-state index contributed by atoms with van der Waals surface area (Å²) in [6.07, 6.45) is 4.75. The minimum atomic E-state index is -0.250. The molecule has 1 aromatic heterocycles. The topological polar surface area (TPSA) is 56.9 Å². The van der Waals surface area contributed by atoms with Gasteiger partial charge in [0, 0.05) is 35.6 Å². The summed E-state index contributed by atoms with van der Waals surface area (Å²) in [6, 6.07) is 12.9. The Labute approximate surface area is 158 Å². The third kappa shape index (κ3) is 3.68. The van der Waals surface area contributed by atoms with E-state index in [2.05, 4.69) is 40.7 Å². The van der Waals surface area contributed by atoms with Gasteiger partial charge in [-0.15, -0.1) is 0 Å².